The van der Waals surface area contributed by atoms with Gasteiger partial charge in [-0.1, -0.05) is 13.8 Å². The maximum Gasteiger partial charge on any atom is 0.247 e. The topological polar surface area (TPSA) is 107 Å². The van der Waals surface area contributed by atoms with E-state index >= 15 is 0 Å². The highest BCUT2D eigenvalue weighted by atomic mass is 16.3. The van der Waals surface area contributed by atoms with Crippen LogP contribution in [-0.4, -0.2) is 32.3 Å². The Morgan fingerprint density at radius 2 is 2.07 bits per heavy atom. The first-order valence-corrected chi connectivity index (χ1v) is 9.31. The molecule has 2 N–H and O–H groups in total. The molecule has 1 amide bonds. The molecule has 0 aromatic carbocycles. The average Bonchev–Trinajstić information content (AvgIpc) is 3.15. The van der Waals surface area contributed by atoms with Crippen molar-refractivity contribution >= 4 is 23.2 Å². The van der Waals surface area contributed by atoms with E-state index in [2.05, 4.69) is 21.5 Å². The van der Waals surface area contributed by atoms with Gasteiger partial charge >= 0.3 is 0 Å². The van der Waals surface area contributed by atoms with Crippen LogP contribution >= 0.6 is 0 Å². The molecule has 1 fully saturated rings. The highest BCUT2D eigenvalue weighted by molar-refractivity contribution is 6.02. The van der Waals surface area contributed by atoms with E-state index in [1.165, 1.54) is 0 Å². The number of aliphatic hydroxyl groups is 1. The van der Waals surface area contributed by atoms with E-state index in [0.717, 1.165) is 0 Å². The average molecular weight is 382 g/mol. The van der Waals surface area contributed by atoms with Crippen LogP contribution < -0.4 is 10.2 Å². The zero-order valence-corrected chi connectivity index (χ0v) is 16.9. The number of aromatic nitrogens is 3. The molecule has 1 aliphatic heterocycles. The minimum absolute atomic E-state index is 0.0526. The van der Waals surface area contributed by atoms with Crippen LogP contribution in [0.3, 0.4) is 0 Å². The van der Waals surface area contributed by atoms with Crippen molar-refractivity contribution in [1.82, 2.24) is 14.8 Å². The molecule has 8 nitrogen and oxygen atoms in total. The van der Waals surface area contributed by atoms with E-state index in [4.69, 9.17) is 0 Å². The van der Waals surface area contributed by atoms with E-state index in [1.54, 1.807) is 54.9 Å². The predicted octanol–water partition coefficient (Wildman–Crippen LogP) is 2.69. The van der Waals surface area contributed by atoms with Crippen molar-refractivity contribution in [3.05, 3.63) is 30.1 Å². The first-order chi connectivity index (χ1) is 13.1. The Morgan fingerprint density at radius 3 is 2.61 bits per heavy atom. The largest absolute Gasteiger partial charge is 0.384 e. The molecule has 1 unspecified atom stereocenters. The molecular weight excluding hydrogens is 356 g/mol. The molecule has 0 spiro atoms. The molecule has 0 saturated carbocycles. The van der Waals surface area contributed by atoms with Gasteiger partial charge in [0.15, 0.2) is 5.82 Å². The summed E-state index contributed by atoms with van der Waals surface area (Å²) in [6, 6.07) is 7.53. The molecule has 0 aliphatic carbocycles. The van der Waals surface area contributed by atoms with Gasteiger partial charge in [-0.2, -0.15) is 10.4 Å². The second-order valence-electron chi connectivity index (χ2n) is 8.07. The second kappa shape index (κ2) is 6.91. The lowest BCUT2D eigenvalue weighted by Gasteiger charge is -2.24. The van der Waals surface area contributed by atoms with Crippen molar-refractivity contribution in [2.45, 2.75) is 39.7 Å². The Bertz CT molecular complexity index is 937. The Hall–Kier alpha value is -2.92. The Balaban J connectivity index is 1.85. The van der Waals surface area contributed by atoms with Crippen molar-refractivity contribution in [3.8, 4) is 6.07 Å². The highest BCUT2D eigenvalue weighted by Gasteiger charge is 2.50. The maximum absolute atomic E-state index is 12.9. The fourth-order valence-corrected chi connectivity index (χ4v) is 3.64. The summed E-state index contributed by atoms with van der Waals surface area (Å²) in [5.74, 6) is 0.864. The molecule has 2 aromatic rings. The number of nitrogens with one attached hydrogen (secondary N) is 1. The van der Waals surface area contributed by atoms with Crippen LogP contribution in [-0.2, 0) is 17.4 Å². The van der Waals surface area contributed by atoms with Crippen molar-refractivity contribution in [1.29, 1.82) is 5.26 Å². The van der Waals surface area contributed by atoms with Gasteiger partial charge < -0.3 is 15.3 Å². The highest BCUT2D eigenvalue weighted by Crippen LogP contribution is 2.40. The minimum Gasteiger partial charge on any atom is -0.384 e. The lowest BCUT2D eigenvalue weighted by Crippen LogP contribution is -2.37. The number of carbonyl (C=O) groups is 1. The van der Waals surface area contributed by atoms with Gasteiger partial charge in [0.2, 0.25) is 5.91 Å². The number of nitriles is 1. The first kappa shape index (κ1) is 19.8. The summed E-state index contributed by atoms with van der Waals surface area (Å²) in [6.45, 7) is 7.71. The van der Waals surface area contributed by atoms with Gasteiger partial charge in [0.05, 0.1) is 11.8 Å². The number of anilines is 3. The second-order valence-corrected chi connectivity index (χ2v) is 8.07. The number of amides is 1. The van der Waals surface area contributed by atoms with Crippen LogP contribution in [0.4, 0.5) is 17.3 Å². The zero-order valence-electron chi connectivity index (χ0n) is 16.9. The lowest BCUT2D eigenvalue weighted by molar-refractivity contribution is -0.124. The van der Waals surface area contributed by atoms with Crippen LogP contribution in [0, 0.1) is 22.7 Å². The molecular formula is C20H26N6O2. The summed E-state index contributed by atoms with van der Waals surface area (Å²) in [7, 11) is 1.76. The van der Waals surface area contributed by atoms with Gasteiger partial charge in [0, 0.05) is 37.6 Å². The first-order valence-electron chi connectivity index (χ1n) is 9.31. The summed E-state index contributed by atoms with van der Waals surface area (Å²) in [5.41, 5.74) is -0.633. The molecule has 0 bridgehead atoms. The van der Waals surface area contributed by atoms with Gasteiger partial charge in [0.1, 0.15) is 16.8 Å². The summed E-state index contributed by atoms with van der Waals surface area (Å²) in [5, 5.41) is 27.3. The zero-order chi connectivity index (χ0) is 20.7. The SMILES string of the molecule is CC(C)C1(C#N)CCN(c2ccnc(Nc3cc(C(C)(C)O)n(C)n3)c2)C1=O. The van der Waals surface area contributed by atoms with Crippen LogP contribution in [0.25, 0.3) is 0 Å². The molecule has 3 heterocycles. The van der Waals surface area contributed by atoms with Crippen LogP contribution in [0.15, 0.2) is 24.4 Å². The van der Waals surface area contributed by atoms with Crippen molar-refractivity contribution in [2.24, 2.45) is 18.4 Å². The van der Waals surface area contributed by atoms with Gasteiger partial charge in [0.25, 0.3) is 0 Å². The number of aryl methyl sites for hydroxylation is 1. The number of carbonyl (C=O) groups excluding carboxylic acids is 1. The van der Waals surface area contributed by atoms with E-state index in [1.807, 2.05) is 13.8 Å². The maximum atomic E-state index is 12.9. The van der Waals surface area contributed by atoms with E-state index in [-0.39, 0.29) is 11.8 Å². The van der Waals surface area contributed by atoms with Crippen LogP contribution in [0.1, 0.15) is 39.8 Å². The fraction of sp³-hybridized carbons (Fsp3) is 0.500. The number of hydrogen-bond donors (Lipinski definition) is 2. The van der Waals surface area contributed by atoms with E-state index in [9.17, 15) is 15.2 Å². The third-order valence-electron chi connectivity index (χ3n) is 5.36. The summed E-state index contributed by atoms with van der Waals surface area (Å²) in [6.07, 6.45) is 2.13. The smallest absolute Gasteiger partial charge is 0.247 e. The molecule has 1 aliphatic rings. The van der Waals surface area contributed by atoms with Crippen molar-refractivity contribution in [3.63, 3.8) is 0 Å². The molecule has 2 aromatic heterocycles. The van der Waals surface area contributed by atoms with Crippen molar-refractivity contribution in [2.75, 3.05) is 16.8 Å². The minimum atomic E-state index is -1.02. The number of rotatable bonds is 5. The molecule has 148 valence electrons. The van der Waals surface area contributed by atoms with Crippen LogP contribution in [0.5, 0.6) is 0 Å². The summed E-state index contributed by atoms with van der Waals surface area (Å²) < 4.78 is 1.61. The van der Waals surface area contributed by atoms with Crippen LogP contribution in [0.2, 0.25) is 0 Å². The molecule has 1 atom stereocenters. The Labute approximate surface area is 164 Å². The van der Waals surface area contributed by atoms with Gasteiger partial charge in [-0.25, -0.2) is 4.98 Å². The lowest BCUT2D eigenvalue weighted by atomic mass is 9.77. The standard InChI is InChI=1S/C20H26N6O2/c1-13(2)20(12-21)7-9-26(18(20)27)14-6-8-22-16(10-14)23-17-11-15(19(3,4)28)25(5)24-17/h6,8,10-11,13,28H,7,9H2,1-5H3,(H,22,23,24). The van der Waals surface area contributed by atoms with E-state index < -0.39 is 11.0 Å². The Kier molecular flexibility index (Phi) is 4.90. The summed E-state index contributed by atoms with van der Waals surface area (Å²) >= 11 is 0. The Morgan fingerprint density at radius 1 is 1.36 bits per heavy atom. The van der Waals surface area contributed by atoms with Gasteiger partial charge in [-0.15, -0.1) is 0 Å². The van der Waals surface area contributed by atoms with E-state index in [0.29, 0.717) is 36.0 Å². The van der Waals surface area contributed by atoms with Gasteiger partial charge in [-0.3, -0.25) is 9.48 Å². The predicted molar refractivity (Wildman–Crippen MR) is 106 cm³/mol. The molecule has 0 radical (unpaired) electrons. The quantitative estimate of drug-likeness (QED) is 0.823. The number of pyridine rings is 1. The third-order valence-corrected chi connectivity index (χ3v) is 5.36. The molecule has 3 rings (SSSR count). The summed E-state index contributed by atoms with van der Waals surface area (Å²) in [4.78, 5) is 18.9. The number of hydrogen-bond acceptors (Lipinski definition) is 6. The third kappa shape index (κ3) is 3.34. The van der Waals surface area contributed by atoms with Crippen molar-refractivity contribution < 1.29 is 9.90 Å². The molecule has 1 saturated heterocycles. The molecule has 28 heavy (non-hydrogen) atoms. The van der Waals surface area contributed by atoms with Gasteiger partial charge in [-0.05, 0) is 32.3 Å². The fourth-order valence-electron chi connectivity index (χ4n) is 3.64. The number of nitrogens with zero attached hydrogens (tertiary/aromatic N) is 5. The monoisotopic (exact) mass is 382 g/mol. The molecule has 8 heteroatoms. The normalized spacial score (nSPS) is 19.9.